The van der Waals surface area contributed by atoms with Gasteiger partial charge >= 0.3 is 0 Å². The second-order valence-corrected chi connectivity index (χ2v) is 7.06. The van der Waals surface area contributed by atoms with Gasteiger partial charge in [0, 0.05) is 44.8 Å². The van der Waals surface area contributed by atoms with Crippen LogP contribution in [0.1, 0.15) is 41.6 Å². The molecular weight excluding hydrogens is 328 g/mol. The number of nitrogens with zero attached hydrogens (tertiary/aromatic N) is 4. The zero-order chi connectivity index (χ0) is 18.4. The SMILES string of the molecule is N#Cc1cccc(C(=O)N2CCN(CC(=O)N3CCCCCC3)CC2)c1. The van der Waals surface area contributed by atoms with E-state index in [0.29, 0.717) is 43.9 Å². The van der Waals surface area contributed by atoms with E-state index in [9.17, 15) is 9.59 Å². The molecule has 2 fully saturated rings. The minimum Gasteiger partial charge on any atom is -0.342 e. The number of hydrogen-bond donors (Lipinski definition) is 0. The van der Waals surface area contributed by atoms with Crippen molar-refractivity contribution in [2.24, 2.45) is 0 Å². The molecule has 0 bridgehead atoms. The van der Waals surface area contributed by atoms with Crippen LogP contribution < -0.4 is 0 Å². The van der Waals surface area contributed by atoms with Crippen LogP contribution in [0.3, 0.4) is 0 Å². The van der Waals surface area contributed by atoms with Crippen molar-refractivity contribution in [2.45, 2.75) is 25.7 Å². The van der Waals surface area contributed by atoms with Crippen LogP contribution in [0.5, 0.6) is 0 Å². The van der Waals surface area contributed by atoms with Crippen molar-refractivity contribution >= 4 is 11.8 Å². The van der Waals surface area contributed by atoms with Gasteiger partial charge in [-0.1, -0.05) is 18.9 Å². The molecule has 138 valence electrons. The van der Waals surface area contributed by atoms with E-state index < -0.39 is 0 Å². The summed E-state index contributed by atoms with van der Waals surface area (Å²) in [7, 11) is 0. The van der Waals surface area contributed by atoms with Crippen molar-refractivity contribution in [2.75, 3.05) is 45.8 Å². The molecule has 0 saturated carbocycles. The Kier molecular flexibility index (Phi) is 6.24. The number of likely N-dealkylation sites (tertiary alicyclic amines) is 1. The van der Waals surface area contributed by atoms with Crippen LogP contribution in [-0.4, -0.2) is 72.3 Å². The van der Waals surface area contributed by atoms with Crippen LogP contribution in [0.15, 0.2) is 24.3 Å². The first-order valence-corrected chi connectivity index (χ1v) is 9.47. The molecular formula is C20H26N4O2. The molecule has 6 heteroatoms. The Morgan fingerprint density at radius 3 is 2.27 bits per heavy atom. The molecule has 2 amide bonds. The molecule has 0 radical (unpaired) electrons. The maximum atomic E-state index is 12.6. The fourth-order valence-electron chi connectivity index (χ4n) is 3.62. The molecule has 26 heavy (non-hydrogen) atoms. The number of nitriles is 1. The van der Waals surface area contributed by atoms with E-state index in [-0.39, 0.29) is 11.8 Å². The molecule has 1 aromatic rings. The molecule has 0 aromatic heterocycles. The summed E-state index contributed by atoms with van der Waals surface area (Å²) in [6.07, 6.45) is 4.65. The van der Waals surface area contributed by atoms with Crippen molar-refractivity contribution in [3.63, 3.8) is 0 Å². The number of amides is 2. The summed E-state index contributed by atoms with van der Waals surface area (Å²) in [6.45, 7) is 4.86. The summed E-state index contributed by atoms with van der Waals surface area (Å²) in [5.74, 6) is 0.175. The van der Waals surface area contributed by atoms with Gasteiger partial charge in [-0.2, -0.15) is 5.26 Å². The Balaban J connectivity index is 1.50. The minimum absolute atomic E-state index is 0.0411. The van der Waals surface area contributed by atoms with Gasteiger partial charge in [-0.3, -0.25) is 14.5 Å². The largest absolute Gasteiger partial charge is 0.342 e. The monoisotopic (exact) mass is 354 g/mol. The summed E-state index contributed by atoms with van der Waals surface area (Å²) in [4.78, 5) is 31.1. The Morgan fingerprint density at radius 1 is 0.923 bits per heavy atom. The summed E-state index contributed by atoms with van der Waals surface area (Å²) in [5.41, 5.74) is 1.05. The zero-order valence-corrected chi connectivity index (χ0v) is 15.2. The molecule has 2 aliphatic rings. The van der Waals surface area contributed by atoms with Crippen LogP contribution >= 0.6 is 0 Å². The van der Waals surface area contributed by atoms with Crippen molar-refractivity contribution in [3.05, 3.63) is 35.4 Å². The standard InChI is InChI=1S/C20H26N4O2/c21-15-17-6-5-7-18(14-17)20(26)24-12-10-22(11-13-24)16-19(25)23-8-3-1-2-4-9-23/h5-7,14H,1-4,8-13,16H2. The second kappa shape index (κ2) is 8.81. The fraction of sp³-hybridized carbons (Fsp3) is 0.550. The first-order valence-electron chi connectivity index (χ1n) is 9.47. The van der Waals surface area contributed by atoms with Crippen molar-refractivity contribution in [1.82, 2.24) is 14.7 Å². The van der Waals surface area contributed by atoms with Gasteiger partial charge in [0.05, 0.1) is 18.2 Å². The van der Waals surface area contributed by atoms with Crippen LogP contribution in [0.4, 0.5) is 0 Å². The molecule has 0 aliphatic carbocycles. The van der Waals surface area contributed by atoms with Crippen LogP contribution in [0, 0.1) is 11.3 Å². The summed E-state index contributed by atoms with van der Waals surface area (Å²) in [5, 5.41) is 8.98. The lowest BCUT2D eigenvalue weighted by Crippen LogP contribution is -2.51. The molecule has 1 aromatic carbocycles. The van der Waals surface area contributed by atoms with Gasteiger partial charge in [0.2, 0.25) is 5.91 Å². The molecule has 6 nitrogen and oxygen atoms in total. The third-order valence-electron chi connectivity index (χ3n) is 5.22. The average Bonchev–Trinajstić information content (AvgIpc) is 2.97. The van der Waals surface area contributed by atoms with Gasteiger partial charge in [0.15, 0.2) is 0 Å². The molecule has 0 N–H and O–H groups in total. The topological polar surface area (TPSA) is 67.6 Å². The number of benzene rings is 1. The Bertz CT molecular complexity index is 681. The van der Waals surface area contributed by atoms with Gasteiger partial charge in [-0.15, -0.1) is 0 Å². The number of carbonyl (C=O) groups excluding carboxylic acids is 2. The highest BCUT2D eigenvalue weighted by atomic mass is 16.2. The Labute approximate surface area is 155 Å². The van der Waals surface area contributed by atoms with Crippen LogP contribution in [-0.2, 0) is 4.79 Å². The lowest BCUT2D eigenvalue weighted by Gasteiger charge is -2.35. The number of carbonyl (C=O) groups is 2. The summed E-state index contributed by atoms with van der Waals surface area (Å²) in [6, 6.07) is 8.89. The van der Waals surface area contributed by atoms with E-state index in [1.807, 2.05) is 9.80 Å². The smallest absolute Gasteiger partial charge is 0.253 e. The molecule has 2 aliphatic heterocycles. The first-order chi connectivity index (χ1) is 12.7. The predicted molar refractivity (Wildman–Crippen MR) is 98.5 cm³/mol. The van der Waals surface area contributed by atoms with E-state index in [2.05, 4.69) is 11.0 Å². The fourth-order valence-corrected chi connectivity index (χ4v) is 3.62. The van der Waals surface area contributed by atoms with Crippen molar-refractivity contribution < 1.29 is 9.59 Å². The molecule has 2 heterocycles. The maximum Gasteiger partial charge on any atom is 0.253 e. The average molecular weight is 354 g/mol. The van der Waals surface area contributed by atoms with Gasteiger partial charge in [-0.25, -0.2) is 0 Å². The lowest BCUT2D eigenvalue weighted by molar-refractivity contribution is -0.132. The Morgan fingerprint density at radius 2 is 1.62 bits per heavy atom. The Hall–Kier alpha value is -2.39. The van der Waals surface area contributed by atoms with Crippen molar-refractivity contribution in [1.29, 1.82) is 5.26 Å². The molecule has 0 unspecified atom stereocenters. The maximum absolute atomic E-state index is 12.6. The summed E-state index contributed by atoms with van der Waals surface area (Å²) < 4.78 is 0. The lowest BCUT2D eigenvalue weighted by atomic mass is 10.1. The highest BCUT2D eigenvalue weighted by Crippen LogP contribution is 2.13. The number of rotatable bonds is 3. The third-order valence-corrected chi connectivity index (χ3v) is 5.22. The van der Waals surface area contributed by atoms with E-state index in [1.165, 1.54) is 12.8 Å². The van der Waals surface area contributed by atoms with Gasteiger partial charge < -0.3 is 9.80 Å². The predicted octanol–water partition coefficient (Wildman–Crippen LogP) is 1.72. The van der Waals surface area contributed by atoms with Gasteiger partial charge in [0.25, 0.3) is 5.91 Å². The molecule has 0 atom stereocenters. The second-order valence-electron chi connectivity index (χ2n) is 7.06. The highest BCUT2D eigenvalue weighted by Gasteiger charge is 2.25. The quantitative estimate of drug-likeness (QED) is 0.829. The van der Waals surface area contributed by atoms with Crippen LogP contribution in [0.25, 0.3) is 0 Å². The van der Waals surface area contributed by atoms with E-state index in [1.54, 1.807) is 24.3 Å². The molecule has 3 rings (SSSR count). The van der Waals surface area contributed by atoms with E-state index in [0.717, 1.165) is 25.9 Å². The number of piperazine rings is 1. The molecule has 2 saturated heterocycles. The van der Waals surface area contributed by atoms with Gasteiger partial charge in [0.1, 0.15) is 0 Å². The normalized spacial score (nSPS) is 18.9. The minimum atomic E-state index is -0.0411. The van der Waals surface area contributed by atoms with Gasteiger partial charge in [-0.05, 0) is 31.0 Å². The third kappa shape index (κ3) is 4.61. The van der Waals surface area contributed by atoms with E-state index >= 15 is 0 Å². The highest BCUT2D eigenvalue weighted by molar-refractivity contribution is 5.94. The number of hydrogen-bond acceptors (Lipinski definition) is 4. The summed E-state index contributed by atoms with van der Waals surface area (Å²) >= 11 is 0. The van der Waals surface area contributed by atoms with Crippen molar-refractivity contribution in [3.8, 4) is 6.07 Å². The molecule has 0 spiro atoms. The van der Waals surface area contributed by atoms with Crippen LogP contribution in [0.2, 0.25) is 0 Å². The van der Waals surface area contributed by atoms with E-state index in [4.69, 9.17) is 5.26 Å². The zero-order valence-electron chi connectivity index (χ0n) is 15.2. The first kappa shape index (κ1) is 18.4.